The van der Waals surface area contributed by atoms with Crippen LogP contribution in [0.15, 0.2) is 37.1 Å². The maximum absolute atomic E-state index is 4.06. The molecule has 2 aromatic heterocycles. The lowest BCUT2D eigenvalue weighted by Crippen LogP contribution is -2.04. The summed E-state index contributed by atoms with van der Waals surface area (Å²) in [7, 11) is 0. The van der Waals surface area contributed by atoms with Gasteiger partial charge in [0, 0.05) is 18.6 Å². The Bertz CT molecular complexity index is 335. The Labute approximate surface area is 81.3 Å². The Kier molecular flexibility index (Phi) is 2.61. The van der Waals surface area contributed by atoms with Gasteiger partial charge in [0.25, 0.3) is 0 Å². The SMILES string of the molecule is c1cnc(NCc2ccncn2)nc1. The third-order valence-corrected chi connectivity index (χ3v) is 1.64. The van der Waals surface area contributed by atoms with Gasteiger partial charge in [0.05, 0.1) is 12.2 Å². The molecule has 14 heavy (non-hydrogen) atoms. The van der Waals surface area contributed by atoms with Crippen LogP contribution in [-0.4, -0.2) is 19.9 Å². The molecule has 0 fully saturated rings. The van der Waals surface area contributed by atoms with Crippen LogP contribution in [0, 0.1) is 0 Å². The lowest BCUT2D eigenvalue weighted by molar-refractivity contribution is 0.978. The molecule has 5 heteroatoms. The van der Waals surface area contributed by atoms with Gasteiger partial charge in [-0.05, 0) is 12.1 Å². The highest BCUT2D eigenvalue weighted by molar-refractivity contribution is 5.23. The molecular weight excluding hydrogens is 178 g/mol. The Hall–Kier alpha value is -2.04. The lowest BCUT2D eigenvalue weighted by Gasteiger charge is -2.01. The van der Waals surface area contributed by atoms with Crippen LogP contribution < -0.4 is 5.32 Å². The summed E-state index contributed by atoms with van der Waals surface area (Å²) in [6.07, 6.45) is 6.60. The summed E-state index contributed by atoms with van der Waals surface area (Å²) in [4.78, 5) is 16.0. The van der Waals surface area contributed by atoms with Crippen LogP contribution in [0.3, 0.4) is 0 Å². The van der Waals surface area contributed by atoms with Crippen molar-refractivity contribution in [1.29, 1.82) is 0 Å². The molecule has 1 N–H and O–H groups in total. The van der Waals surface area contributed by atoms with E-state index in [0.29, 0.717) is 12.5 Å². The minimum Gasteiger partial charge on any atom is -0.349 e. The number of rotatable bonds is 3. The standard InChI is InChI=1S/C9H9N5/c1-3-11-9(12-4-1)13-6-8-2-5-10-7-14-8/h1-5,7H,6H2,(H,11,12,13). The second-order valence-electron chi connectivity index (χ2n) is 2.63. The van der Waals surface area contributed by atoms with Crippen molar-refractivity contribution in [2.45, 2.75) is 6.54 Å². The molecule has 0 unspecified atom stereocenters. The Morgan fingerprint density at radius 1 is 1.07 bits per heavy atom. The molecule has 0 aromatic carbocycles. The van der Waals surface area contributed by atoms with E-state index in [4.69, 9.17) is 0 Å². The molecule has 0 saturated heterocycles. The second kappa shape index (κ2) is 4.27. The minimum atomic E-state index is 0.603. The van der Waals surface area contributed by atoms with Crippen molar-refractivity contribution in [2.24, 2.45) is 0 Å². The molecule has 70 valence electrons. The highest BCUT2D eigenvalue weighted by atomic mass is 15.1. The Morgan fingerprint density at radius 3 is 2.64 bits per heavy atom. The smallest absolute Gasteiger partial charge is 0.222 e. The molecule has 0 saturated carbocycles. The first-order valence-corrected chi connectivity index (χ1v) is 4.21. The molecule has 5 nitrogen and oxygen atoms in total. The van der Waals surface area contributed by atoms with Gasteiger partial charge in [-0.15, -0.1) is 0 Å². The van der Waals surface area contributed by atoms with Crippen molar-refractivity contribution in [3.8, 4) is 0 Å². The van der Waals surface area contributed by atoms with E-state index in [9.17, 15) is 0 Å². The summed E-state index contributed by atoms with van der Waals surface area (Å²) < 4.78 is 0. The average Bonchev–Trinajstić information content (AvgIpc) is 2.29. The molecule has 2 aromatic rings. The van der Waals surface area contributed by atoms with E-state index in [1.165, 1.54) is 6.33 Å². The third kappa shape index (κ3) is 2.22. The van der Waals surface area contributed by atoms with Crippen LogP contribution in [0.25, 0.3) is 0 Å². The lowest BCUT2D eigenvalue weighted by atomic mass is 10.4. The van der Waals surface area contributed by atoms with Crippen molar-refractivity contribution in [3.63, 3.8) is 0 Å². The highest BCUT2D eigenvalue weighted by Crippen LogP contribution is 1.98. The number of hydrogen-bond donors (Lipinski definition) is 1. The third-order valence-electron chi connectivity index (χ3n) is 1.64. The van der Waals surface area contributed by atoms with Gasteiger partial charge >= 0.3 is 0 Å². The predicted molar refractivity (Wildman–Crippen MR) is 51.4 cm³/mol. The second-order valence-corrected chi connectivity index (χ2v) is 2.63. The molecule has 0 aliphatic carbocycles. The highest BCUT2D eigenvalue weighted by Gasteiger charge is 1.94. The minimum absolute atomic E-state index is 0.603. The molecule has 0 spiro atoms. The monoisotopic (exact) mass is 187 g/mol. The summed E-state index contributed by atoms with van der Waals surface area (Å²) >= 11 is 0. The first kappa shape index (κ1) is 8.55. The molecule has 2 rings (SSSR count). The fourth-order valence-corrected chi connectivity index (χ4v) is 0.983. The van der Waals surface area contributed by atoms with Gasteiger partial charge < -0.3 is 5.32 Å². The van der Waals surface area contributed by atoms with Crippen molar-refractivity contribution < 1.29 is 0 Å². The summed E-state index contributed by atoms with van der Waals surface area (Å²) in [5.74, 6) is 0.603. The van der Waals surface area contributed by atoms with E-state index < -0.39 is 0 Å². The first-order valence-electron chi connectivity index (χ1n) is 4.21. The van der Waals surface area contributed by atoms with Gasteiger partial charge in [0.2, 0.25) is 5.95 Å². The molecule has 2 heterocycles. The summed E-state index contributed by atoms with van der Waals surface area (Å²) in [6.45, 7) is 0.604. The van der Waals surface area contributed by atoms with Crippen molar-refractivity contribution in [2.75, 3.05) is 5.32 Å². The van der Waals surface area contributed by atoms with Crippen molar-refractivity contribution >= 4 is 5.95 Å². The van der Waals surface area contributed by atoms with Crippen molar-refractivity contribution in [3.05, 3.63) is 42.7 Å². The van der Waals surface area contributed by atoms with E-state index in [1.54, 1.807) is 24.7 Å². The fraction of sp³-hybridized carbons (Fsp3) is 0.111. The zero-order valence-electron chi connectivity index (χ0n) is 7.46. The van der Waals surface area contributed by atoms with Crippen LogP contribution in [-0.2, 0) is 6.54 Å². The topological polar surface area (TPSA) is 63.6 Å². The zero-order chi connectivity index (χ0) is 9.64. The first-order chi connectivity index (χ1) is 6.95. The Morgan fingerprint density at radius 2 is 1.93 bits per heavy atom. The van der Waals surface area contributed by atoms with Gasteiger partial charge in [0.15, 0.2) is 0 Å². The fourth-order valence-electron chi connectivity index (χ4n) is 0.983. The number of nitrogens with zero attached hydrogens (tertiary/aromatic N) is 4. The van der Waals surface area contributed by atoms with Crippen LogP contribution in [0.4, 0.5) is 5.95 Å². The number of nitrogens with one attached hydrogen (secondary N) is 1. The zero-order valence-corrected chi connectivity index (χ0v) is 7.46. The number of aromatic nitrogens is 4. The predicted octanol–water partition coefficient (Wildman–Crippen LogP) is 0.879. The maximum atomic E-state index is 4.06. The van der Waals surface area contributed by atoms with Crippen molar-refractivity contribution in [1.82, 2.24) is 19.9 Å². The van der Waals surface area contributed by atoms with E-state index in [-0.39, 0.29) is 0 Å². The quantitative estimate of drug-likeness (QED) is 0.772. The van der Waals surface area contributed by atoms with Crippen LogP contribution in [0.5, 0.6) is 0 Å². The van der Waals surface area contributed by atoms with Gasteiger partial charge in [-0.2, -0.15) is 0 Å². The van der Waals surface area contributed by atoms with E-state index >= 15 is 0 Å². The van der Waals surface area contributed by atoms with E-state index in [2.05, 4.69) is 25.3 Å². The number of anilines is 1. The molecular formula is C9H9N5. The van der Waals surface area contributed by atoms with Gasteiger partial charge in [-0.25, -0.2) is 19.9 Å². The summed E-state index contributed by atoms with van der Waals surface area (Å²) in [6, 6.07) is 3.62. The Balaban J connectivity index is 1.96. The molecule has 0 radical (unpaired) electrons. The largest absolute Gasteiger partial charge is 0.349 e. The summed E-state index contributed by atoms with van der Waals surface area (Å²) in [5.41, 5.74) is 0.910. The number of hydrogen-bond acceptors (Lipinski definition) is 5. The normalized spacial score (nSPS) is 9.71. The molecule has 0 aliphatic rings. The van der Waals surface area contributed by atoms with E-state index in [1.807, 2.05) is 6.07 Å². The van der Waals surface area contributed by atoms with Crippen LogP contribution in [0.2, 0.25) is 0 Å². The molecule has 0 bridgehead atoms. The molecule has 0 aliphatic heterocycles. The maximum Gasteiger partial charge on any atom is 0.222 e. The molecule has 0 amide bonds. The molecule has 0 atom stereocenters. The van der Waals surface area contributed by atoms with Gasteiger partial charge in [-0.1, -0.05) is 0 Å². The van der Waals surface area contributed by atoms with Gasteiger partial charge in [0.1, 0.15) is 6.33 Å². The van der Waals surface area contributed by atoms with Crippen LogP contribution in [0.1, 0.15) is 5.69 Å². The average molecular weight is 187 g/mol. The van der Waals surface area contributed by atoms with Crippen LogP contribution >= 0.6 is 0 Å². The summed E-state index contributed by atoms with van der Waals surface area (Å²) in [5, 5.41) is 3.05. The van der Waals surface area contributed by atoms with Gasteiger partial charge in [-0.3, -0.25) is 0 Å². The van der Waals surface area contributed by atoms with E-state index in [0.717, 1.165) is 5.69 Å².